The molecule has 2 amide bonds. The zero-order valence-electron chi connectivity index (χ0n) is 19.6. The van der Waals surface area contributed by atoms with Crippen LogP contribution in [-0.4, -0.2) is 65.3 Å². The van der Waals surface area contributed by atoms with Crippen LogP contribution in [0.25, 0.3) is 16.9 Å². The summed E-state index contributed by atoms with van der Waals surface area (Å²) in [6.07, 6.45) is -1.70. The Morgan fingerprint density at radius 3 is 2.30 bits per heavy atom. The van der Waals surface area contributed by atoms with Gasteiger partial charge >= 0.3 is 12.2 Å². The second-order valence-electron chi connectivity index (χ2n) is 7.66. The number of hydrogen-bond acceptors (Lipinski definition) is 5. The molecule has 2 aromatic carbocycles. The number of pyridine rings is 1. The van der Waals surface area contributed by atoms with E-state index in [0.717, 1.165) is 17.8 Å². The van der Waals surface area contributed by atoms with Gasteiger partial charge in [-0.2, -0.15) is 18.3 Å². The molecule has 13 heteroatoms. The van der Waals surface area contributed by atoms with Gasteiger partial charge in [0.25, 0.3) is 10.0 Å². The molecular formula is C24H20F3N5NaO3S. The van der Waals surface area contributed by atoms with Gasteiger partial charge in [-0.1, -0.05) is 42.5 Å². The first-order valence-electron chi connectivity index (χ1n) is 10.7. The first-order valence-corrected chi connectivity index (χ1v) is 12.1. The minimum atomic E-state index is -4.59. The number of sulfonamides is 1. The van der Waals surface area contributed by atoms with E-state index in [1.54, 1.807) is 54.6 Å². The third-order valence-electron chi connectivity index (χ3n) is 5.12. The minimum absolute atomic E-state index is 0. The van der Waals surface area contributed by atoms with Crippen LogP contribution in [0.3, 0.4) is 0 Å². The summed E-state index contributed by atoms with van der Waals surface area (Å²) in [7, 11) is -4.04. The van der Waals surface area contributed by atoms with Crippen LogP contribution in [0.15, 0.2) is 90.1 Å². The molecule has 187 valence electrons. The molecule has 0 spiro atoms. The Kier molecular flexibility index (Phi) is 9.13. The van der Waals surface area contributed by atoms with Crippen molar-refractivity contribution < 1.29 is 26.4 Å². The fourth-order valence-corrected chi connectivity index (χ4v) is 4.27. The summed E-state index contributed by atoms with van der Waals surface area (Å²) >= 11 is 0. The third kappa shape index (κ3) is 7.19. The van der Waals surface area contributed by atoms with Crippen molar-refractivity contribution in [3.8, 4) is 16.9 Å². The Balaban J connectivity index is 0.00000380. The predicted octanol–water partition coefficient (Wildman–Crippen LogP) is 3.80. The summed E-state index contributed by atoms with van der Waals surface area (Å²) in [5.74, 6) is 0. The Morgan fingerprint density at radius 2 is 1.68 bits per heavy atom. The van der Waals surface area contributed by atoms with E-state index in [1.807, 2.05) is 4.72 Å². The maximum atomic E-state index is 13.3. The first-order chi connectivity index (χ1) is 17.1. The Bertz CT molecular complexity index is 1450. The smallest absolute Gasteiger partial charge is 0.337 e. The van der Waals surface area contributed by atoms with Crippen LogP contribution in [0.2, 0.25) is 0 Å². The summed E-state index contributed by atoms with van der Waals surface area (Å²) < 4.78 is 67.4. The second kappa shape index (κ2) is 11.9. The van der Waals surface area contributed by atoms with Crippen LogP contribution in [0.4, 0.5) is 18.0 Å². The number of urea groups is 1. The van der Waals surface area contributed by atoms with E-state index in [-0.39, 0.29) is 41.0 Å². The molecule has 0 aliphatic carbocycles. The largest absolute Gasteiger partial charge is 0.435 e. The van der Waals surface area contributed by atoms with E-state index < -0.39 is 27.9 Å². The number of hydrogen-bond donors (Lipinski definition) is 2. The van der Waals surface area contributed by atoms with E-state index in [2.05, 4.69) is 15.4 Å². The molecule has 4 aromatic rings. The van der Waals surface area contributed by atoms with Gasteiger partial charge in [-0.3, -0.25) is 4.98 Å². The van der Waals surface area contributed by atoms with Gasteiger partial charge in [0.15, 0.2) is 5.69 Å². The van der Waals surface area contributed by atoms with Crippen molar-refractivity contribution in [2.75, 3.05) is 6.54 Å². The quantitative estimate of drug-likeness (QED) is 0.348. The molecule has 0 saturated carbocycles. The standard InChI is InChI=1S/C24H20F3N5O3S.Na/c25-24(26,27)22-15-21(18-5-2-1-3-6-18)32(30-22)19-10-8-17(9-11-19)12-14-29-23(33)31-36(34,35)20-7-4-13-28-16-20;/h1-11,13,15-16H,12,14H2,(H2,29,31,33);. The van der Waals surface area contributed by atoms with Crippen molar-refractivity contribution in [1.82, 2.24) is 24.8 Å². The van der Waals surface area contributed by atoms with E-state index in [1.165, 1.54) is 23.0 Å². The molecule has 2 N–H and O–H groups in total. The zero-order chi connectivity index (χ0) is 25.8. The molecule has 8 nitrogen and oxygen atoms in total. The number of nitrogens with zero attached hydrogens (tertiary/aromatic N) is 3. The summed E-state index contributed by atoms with van der Waals surface area (Å²) in [6, 6.07) is 18.1. The van der Waals surface area contributed by atoms with Gasteiger partial charge < -0.3 is 5.32 Å². The number of benzene rings is 2. The number of halogens is 3. The molecule has 37 heavy (non-hydrogen) atoms. The Labute approximate surface area is 233 Å². The molecule has 0 bridgehead atoms. The average Bonchev–Trinajstić information content (AvgIpc) is 3.32. The van der Waals surface area contributed by atoms with Crippen molar-refractivity contribution in [3.05, 3.63) is 96.4 Å². The molecule has 0 atom stereocenters. The normalized spacial score (nSPS) is 11.4. The van der Waals surface area contributed by atoms with E-state index in [9.17, 15) is 26.4 Å². The number of carbonyl (C=O) groups excluding carboxylic acids is 1. The van der Waals surface area contributed by atoms with Gasteiger partial charge in [0.2, 0.25) is 0 Å². The SMILES string of the molecule is O=C(NCCc1ccc(-n2nc(C(F)(F)F)cc2-c2ccccc2)cc1)NS(=O)(=O)c1cccnc1.[Na]. The van der Waals surface area contributed by atoms with Gasteiger partial charge in [-0.05, 0) is 42.3 Å². The average molecular weight is 539 g/mol. The van der Waals surface area contributed by atoms with Crippen LogP contribution >= 0.6 is 0 Å². The minimum Gasteiger partial charge on any atom is -0.337 e. The maximum absolute atomic E-state index is 13.3. The third-order valence-corrected chi connectivity index (χ3v) is 6.44. The number of nitrogens with one attached hydrogen (secondary N) is 2. The van der Waals surface area contributed by atoms with Crippen LogP contribution in [0.5, 0.6) is 0 Å². The number of alkyl halides is 3. The van der Waals surface area contributed by atoms with Crippen molar-refractivity contribution in [1.29, 1.82) is 0 Å². The van der Waals surface area contributed by atoms with Gasteiger partial charge in [-0.25, -0.2) is 22.6 Å². The summed E-state index contributed by atoms with van der Waals surface area (Å²) in [5, 5.41) is 6.23. The molecule has 0 saturated heterocycles. The maximum Gasteiger partial charge on any atom is 0.435 e. The Hall–Kier alpha value is -3.19. The van der Waals surface area contributed by atoms with E-state index >= 15 is 0 Å². The molecule has 4 rings (SSSR count). The van der Waals surface area contributed by atoms with Crippen LogP contribution in [0, 0.1) is 0 Å². The summed E-state index contributed by atoms with van der Waals surface area (Å²) in [5.41, 5.74) is 1.09. The van der Waals surface area contributed by atoms with Gasteiger partial charge in [0, 0.05) is 54.1 Å². The van der Waals surface area contributed by atoms with Gasteiger partial charge in [-0.15, -0.1) is 0 Å². The molecule has 0 fully saturated rings. The molecule has 2 heterocycles. The van der Waals surface area contributed by atoms with Crippen molar-refractivity contribution in [2.24, 2.45) is 0 Å². The summed E-state index contributed by atoms with van der Waals surface area (Å²) in [4.78, 5) is 15.6. The molecule has 0 aliphatic heterocycles. The molecule has 0 unspecified atom stereocenters. The van der Waals surface area contributed by atoms with Crippen LogP contribution in [0.1, 0.15) is 11.3 Å². The van der Waals surface area contributed by atoms with Gasteiger partial charge in [0.05, 0.1) is 11.4 Å². The fraction of sp³-hybridized carbons (Fsp3) is 0.125. The Morgan fingerprint density at radius 1 is 0.973 bits per heavy atom. The molecule has 1 radical (unpaired) electrons. The van der Waals surface area contributed by atoms with Crippen LogP contribution < -0.4 is 10.0 Å². The van der Waals surface area contributed by atoms with Crippen molar-refractivity contribution in [2.45, 2.75) is 17.5 Å². The van der Waals surface area contributed by atoms with Crippen molar-refractivity contribution in [3.63, 3.8) is 0 Å². The number of rotatable bonds is 7. The van der Waals surface area contributed by atoms with Gasteiger partial charge in [0.1, 0.15) is 4.90 Å². The summed E-state index contributed by atoms with van der Waals surface area (Å²) in [6.45, 7) is 0.128. The zero-order valence-corrected chi connectivity index (χ0v) is 22.4. The number of carbonyl (C=O) groups is 1. The van der Waals surface area contributed by atoms with E-state index in [0.29, 0.717) is 23.4 Å². The first kappa shape index (κ1) is 28.4. The second-order valence-corrected chi connectivity index (χ2v) is 9.34. The molecule has 0 aliphatic rings. The molecule has 2 aromatic heterocycles. The predicted molar refractivity (Wildman–Crippen MR) is 131 cm³/mol. The topological polar surface area (TPSA) is 106 Å². The van der Waals surface area contributed by atoms with Crippen LogP contribution in [-0.2, 0) is 22.6 Å². The fourth-order valence-electron chi connectivity index (χ4n) is 3.38. The van der Waals surface area contributed by atoms with Crippen molar-refractivity contribution >= 4 is 45.6 Å². The monoisotopic (exact) mass is 538 g/mol. The molecular weight excluding hydrogens is 518 g/mol. The number of amides is 2. The van der Waals surface area contributed by atoms with E-state index in [4.69, 9.17) is 0 Å². The number of aromatic nitrogens is 3.